The SMILES string of the molecule is CCN(C(=O)Nc1cnn(C)c1)[C@@H](C)c1ccc(F)cc1. The second-order valence-corrected chi connectivity index (χ2v) is 4.85. The average molecular weight is 290 g/mol. The van der Waals surface area contributed by atoms with Gasteiger partial charge in [-0.05, 0) is 31.5 Å². The largest absolute Gasteiger partial charge is 0.322 e. The van der Waals surface area contributed by atoms with Crippen LogP contribution in [0.25, 0.3) is 0 Å². The van der Waals surface area contributed by atoms with Gasteiger partial charge in [0.2, 0.25) is 0 Å². The van der Waals surface area contributed by atoms with Crippen molar-refractivity contribution < 1.29 is 9.18 Å². The van der Waals surface area contributed by atoms with Gasteiger partial charge in [-0.1, -0.05) is 12.1 Å². The molecule has 1 atom stereocenters. The van der Waals surface area contributed by atoms with E-state index in [1.54, 1.807) is 41.2 Å². The lowest BCUT2D eigenvalue weighted by atomic mass is 10.1. The summed E-state index contributed by atoms with van der Waals surface area (Å²) in [5, 5.41) is 6.81. The van der Waals surface area contributed by atoms with Gasteiger partial charge in [0.1, 0.15) is 5.82 Å². The number of amides is 2. The quantitative estimate of drug-likeness (QED) is 0.940. The van der Waals surface area contributed by atoms with E-state index in [9.17, 15) is 9.18 Å². The van der Waals surface area contributed by atoms with Gasteiger partial charge in [-0.15, -0.1) is 0 Å². The van der Waals surface area contributed by atoms with Crippen LogP contribution >= 0.6 is 0 Å². The first-order chi connectivity index (χ1) is 10.0. The highest BCUT2D eigenvalue weighted by atomic mass is 19.1. The maximum absolute atomic E-state index is 13.0. The van der Waals surface area contributed by atoms with Crippen molar-refractivity contribution in [2.24, 2.45) is 7.05 Å². The monoisotopic (exact) mass is 290 g/mol. The van der Waals surface area contributed by atoms with E-state index in [1.807, 2.05) is 13.8 Å². The highest BCUT2D eigenvalue weighted by Crippen LogP contribution is 2.21. The average Bonchev–Trinajstić information content (AvgIpc) is 2.85. The van der Waals surface area contributed by atoms with Crippen molar-refractivity contribution in [2.75, 3.05) is 11.9 Å². The zero-order chi connectivity index (χ0) is 15.4. The number of nitrogens with zero attached hydrogens (tertiary/aromatic N) is 3. The maximum Gasteiger partial charge on any atom is 0.322 e. The van der Waals surface area contributed by atoms with Gasteiger partial charge in [-0.2, -0.15) is 5.10 Å². The lowest BCUT2D eigenvalue weighted by Gasteiger charge is -2.28. The predicted octanol–water partition coefficient (Wildman–Crippen LogP) is 3.17. The fraction of sp³-hybridized carbons (Fsp3) is 0.333. The zero-order valence-corrected chi connectivity index (χ0v) is 12.4. The van der Waals surface area contributed by atoms with E-state index in [0.717, 1.165) is 5.56 Å². The molecule has 0 spiro atoms. The molecule has 2 aromatic rings. The molecule has 0 saturated carbocycles. The Morgan fingerprint density at radius 2 is 2.10 bits per heavy atom. The molecule has 2 rings (SSSR count). The number of carbonyl (C=O) groups is 1. The lowest BCUT2D eigenvalue weighted by Crippen LogP contribution is -2.36. The molecular formula is C15H19FN4O. The molecule has 0 aliphatic heterocycles. The first-order valence-corrected chi connectivity index (χ1v) is 6.83. The summed E-state index contributed by atoms with van der Waals surface area (Å²) in [6.45, 7) is 4.37. The van der Waals surface area contributed by atoms with Gasteiger partial charge in [-0.3, -0.25) is 4.68 Å². The van der Waals surface area contributed by atoms with E-state index in [2.05, 4.69) is 10.4 Å². The molecule has 1 N–H and O–H groups in total. The fourth-order valence-electron chi connectivity index (χ4n) is 2.20. The van der Waals surface area contributed by atoms with Gasteiger partial charge in [0, 0.05) is 19.8 Å². The first kappa shape index (κ1) is 15.0. The molecular weight excluding hydrogens is 271 g/mol. The Morgan fingerprint density at radius 3 is 2.62 bits per heavy atom. The summed E-state index contributed by atoms with van der Waals surface area (Å²) in [5.41, 5.74) is 1.53. The number of hydrogen-bond acceptors (Lipinski definition) is 2. The molecule has 0 fully saturated rings. The van der Waals surface area contributed by atoms with Gasteiger partial charge in [0.25, 0.3) is 0 Å². The van der Waals surface area contributed by atoms with Crippen LogP contribution in [0.2, 0.25) is 0 Å². The smallest absolute Gasteiger partial charge is 0.318 e. The molecule has 1 heterocycles. The molecule has 0 unspecified atom stereocenters. The third-order valence-corrected chi connectivity index (χ3v) is 3.38. The number of carbonyl (C=O) groups excluding carboxylic acids is 1. The fourth-order valence-corrected chi connectivity index (χ4v) is 2.20. The maximum atomic E-state index is 13.0. The summed E-state index contributed by atoms with van der Waals surface area (Å²) < 4.78 is 14.6. The van der Waals surface area contributed by atoms with Crippen LogP contribution in [0.15, 0.2) is 36.7 Å². The van der Waals surface area contributed by atoms with Crippen LogP contribution in [0.5, 0.6) is 0 Å². The number of nitrogens with one attached hydrogen (secondary N) is 1. The number of aryl methyl sites for hydroxylation is 1. The molecule has 0 bridgehead atoms. The highest BCUT2D eigenvalue weighted by molar-refractivity contribution is 5.89. The minimum Gasteiger partial charge on any atom is -0.318 e. The van der Waals surface area contributed by atoms with E-state index in [1.165, 1.54) is 12.1 Å². The van der Waals surface area contributed by atoms with Crippen LogP contribution in [0.1, 0.15) is 25.5 Å². The van der Waals surface area contributed by atoms with Crippen LogP contribution < -0.4 is 5.32 Å². The summed E-state index contributed by atoms with van der Waals surface area (Å²) in [6.07, 6.45) is 3.32. The Bertz CT molecular complexity index is 608. The molecule has 0 radical (unpaired) electrons. The second kappa shape index (κ2) is 6.39. The molecule has 1 aromatic carbocycles. The molecule has 21 heavy (non-hydrogen) atoms. The van der Waals surface area contributed by atoms with Gasteiger partial charge in [-0.25, -0.2) is 9.18 Å². The highest BCUT2D eigenvalue weighted by Gasteiger charge is 2.20. The third kappa shape index (κ3) is 3.59. The van der Waals surface area contributed by atoms with Gasteiger partial charge < -0.3 is 10.2 Å². The molecule has 1 aromatic heterocycles. The van der Waals surface area contributed by atoms with Crippen molar-refractivity contribution in [2.45, 2.75) is 19.9 Å². The van der Waals surface area contributed by atoms with E-state index in [0.29, 0.717) is 12.2 Å². The topological polar surface area (TPSA) is 50.2 Å². The molecule has 6 heteroatoms. The minimum absolute atomic E-state index is 0.146. The molecule has 0 saturated heterocycles. The molecule has 5 nitrogen and oxygen atoms in total. The van der Waals surface area contributed by atoms with Crippen LogP contribution in [0.3, 0.4) is 0 Å². The minimum atomic E-state index is -0.284. The first-order valence-electron chi connectivity index (χ1n) is 6.83. The van der Waals surface area contributed by atoms with Crippen LogP contribution in [-0.4, -0.2) is 27.3 Å². The summed E-state index contributed by atoms with van der Waals surface area (Å²) in [4.78, 5) is 14.0. The van der Waals surface area contributed by atoms with Crippen molar-refractivity contribution in [1.29, 1.82) is 0 Å². The van der Waals surface area contributed by atoms with Crippen molar-refractivity contribution >= 4 is 11.7 Å². The number of benzene rings is 1. The normalized spacial score (nSPS) is 12.0. The molecule has 0 aliphatic carbocycles. The van der Waals surface area contributed by atoms with E-state index >= 15 is 0 Å². The Hall–Kier alpha value is -2.37. The Labute approximate surface area is 123 Å². The molecule has 112 valence electrons. The Kier molecular flexibility index (Phi) is 4.57. The Balaban J connectivity index is 2.10. The van der Waals surface area contributed by atoms with E-state index in [4.69, 9.17) is 0 Å². The molecule has 2 amide bonds. The second-order valence-electron chi connectivity index (χ2n) is 4.85. The number of urea groups is 1. The van der Waals surface area contributed by atoms with Crippen molar-refractivity contribution in [3.63, 3.8) is 0 Å². The van der Waals surface area contributed by atoms with E-state index < -0.39 is 0 Å². The summed E-state index contributed by atoms with van der Waals surface area (Å²) in [7, 11) is 1.79. The van der Waals surface area contributed by atoms with Crippen molar-refractivity contribution in [3.8, 4) is 0 Å². The Morgan fingerprint density at radius 1 is 1.43 bits per heavy atom. The van der Waals surface area contributed by atoms with Crippen LogP contribution in [-0.2, 0) is 7.05 Å². The van der Waals surface area contributed by atoms with E-state index in [-0.39, 0.29) is 17.9 Å². The number of anilines is 1. The lowest BCUT2D eigenvalue weighted by molar-refractivity contribution is 0.197. The third-order valence-electron chi connectivity index (χ3n) is 3.38. The predicted molar refractivity (Wildman–Crippen MR) is 79.4 cm³/mol. The standard InChI is InChI=1S/C15H19FN4O/c1-4-20(11(2)12-5-7-13(16)8-6-12)15(21)18-14-9-17-19(3)10-14/h5-11H,4H2,1-3H3,(H,18,21)/t11-/m0/s1. The van der Waals surface area contributed by atoms with Gasteiger partial charge in [0.05, 0.1) is 17.9 Å². The number of aromatic nitrogens is 2. The summed E-state index contributed by atoms with van der Waals surface area (Å²) in [6, 6.07) is 5.84. The van der Waals surface area contributed by atoms with Gasteiger partial charge in [0.15, 0.2) is 0 Å². The van der Waals surface area contributed by atoms with Crippen LogP contribution in [0.4, 0.5) is 14.9 Å². The van der Waals surface area contributed by atoms with Gasteiger partial charge >= 0.3 is 6.03 Å². The van der Waals surface area contributed by atoms with Crippen LogP contribution in [0, 0.1) is 5.82 Å². The zero-order valence-electron chi connectivity index (χ0n) is 12.4. The molecule has 0 aliphatic rings. The number of halogens is 1. The summed E-state index contributed by atoms with van der Waals surface area (Å²) >= 11 is 0. The summed E-state index contributed by atoms with van der Waals surface area (Å²) in [5.74, 6) is -0.284. The number of hydrogen-bond donors (Lipinski definition) is 1. The number of rotatable bonds is 4. The van der Waals surface area contributed by atoms with Crippen molar-refractivity contribution in [1.82, 2.24) is 14.7 Å². The van der Waals surface area contributed by atoms with Crippen molar-refractivity contribution in [3.05, 3.63) is 48.0 Å².